The van der Waals surface area contributed by atoms with Gasteiger partial charge in [0.2, 0.25) is 4.96 Å². The number of nitrogens with zero attached hydrogens (tertiary/aromatic N) is 6. The van der Waals surface area contributed by atoms with Crippen molar-refractivity contribution in [3.8, 4) is 27.6 Å². The molecule has 0 amide bonds. The van der Waals surface area contributed by atoms with Crippen LogP contribution in [0.1, 0.15) is 0 Å². The Labute approximate surface area is 181 Å². The number of benzene rings is 2. The highest BCUT2D eigenvalue weighted by atomic mass is 79.9. The van der Waals surface area contributed by atoms with Gasteiger partial charge in [0.15, 0.2) is 5.01 Å². The molecule has 28 heavy (non-hydrogen) atoms. The largest absolute Gasteiger partial charge is 0.216 e. The van der Waals surface area contributed by atoms with Crippen LogP contribution < -0.4 is 0 Å². The average Bonchev–Trinajstić information content (AvgIpc) is 3.40. The molecule has 6 nitrogen and oxygen atoms in total. The van der Waals surface area contributed by atoms with E-state index in [4.69, 9.17) is 28.2 Å². The third-order valence-corrected chi connectivity index (χ3v) is 6.18. The fourth-order valence-corrected chi connectivity index (χ4v) is 4.46. The molecule has 5 rings (SSSR count). The number of halogens is 3. The molecule has 0 aliphatic heterocycles. The molecule has 138 valence electrons. The highest BCUT2D eigenvalue weighted by Gasteiger charge is 2.18. The van der Waals surface area contributed by atoms with Gasteiger partial charge in [0.1, 0.15) is 16.0 Å². The van der Waals surface area contributed by atoms with Gasteiger partial charge in [0, 0.05) is 15.6 Å². The van der Waals surface area contributed by atoms with Crippen molar-refractivity contribution < 1.29 is 0 Å². The summed E-state index contributed by atoms with van der Waals surface area (Å²) >= 11 is 16.9. The predicted octanol–water partition coefficient (Wildman–Crippen LogP) is 5.77. The van der Waals surface area contributed by atoms with Crippen LogP contribution in [0.4, 0.5) is 0 Å². The van der Waals surface area contributed by atoms with E-state index in [9.17, 15) is 0 Å². The van der Waals surface area contributed by atoms with Gasteiger partial charge in [0.25, 0.3) is 0 Å². The smallest absolute Gasteiger partial charge is 0.214 e. The Morgan fingerprint density at radius 2 is 1.57 bits per heavy atom. The Kier molecular flexibility index (Phi) is 4.43. The summed E-state index contributed by atoms with van der Waals surface area (Å²) in [5.74, 6) is 0. The molecule has 10 heteroatoms. The van der Waals surface area contributed by atoms with Crippen molar-refractivity contribution in [3.63, 3.8) is 0 Å². The van der Waals surface area contributed by atoms with E-state index in [0.29, 0.717) is 15.7 Å². The first-order chi connectivity index (χ1) is 13.6. The van der Waals surface area contributed by atoms with Gasteiger partial charge in [-0.25, -0.2) is 4.98 Å². The molecule has 3 aromatic heterocycles. The highest BCUT2D eigenvalue weighted by molar-refractivity contribution is 9.10. The first kappa shape index (κ1) is 17.8. The highest BCUT2D eigenvalue weighted by Crippen LogP contribution is 2.33. The summed E-state index contributed by atoms with van der Waals surface area (Å²) in [6, 6.07) is 14.8. The SMILES string of the molecule is Clc1ccc(-c2nc3sc(-c4cnn(-c5ccc(Cl)cc5)n4)nn3c2Br)cc1. The van der Waals surface area contributed by atoms with Crippen LogP contribution in [0.2, 0.25) is 10.0 Å². The fraction of sp³-hybridized carbons (Fsp3) is 0. The number of rotatable bonds is 3. The van der Waals surface area contributed by atoms with Gasteiger partial charge in [-0.2, -0.15) is 19.5 Å². The summed E-state index contributed by atoms with van der Waals surface area (Å²) in [4.78, 5) is 7.00. The first-order valence-electron chi connectivity index (χ1n) is 8.08. The van der Waals surface area contributed by atoms with E-state index >= 15 is 0 Å². The van der Waals surface area contributed by atoms with Crippen molar-refractivity contribution in [2.75, 3.05) is 0 Å². The van der Waals surface area contributed by atoms with Crippen LogP contribution in [0.3, 0.4) is 0 Å². The average molecular weight is 492 g/mol. The van der Waals surface area contributed by atoms with Gasteiger partial charge >= 0.3 is 0 Å². The molecule has 3 heterocycles. The van der Waals surface area contributed by atoms with E-state index in [0.717, 1.165) is 31.5 Å². The van der Waals surface area contributed by atoms with Gasteiger partial charge in [-0.15, -0.1) is 5.10 Å². The molecule has 0 spiro atoms. The van der Waals surface area contributed by atoms with E-state index in [2.05, 4.69) is 31.2 Å². The Morgan fingerprint density at radius 1 is 0.893 bits per heavy atom. The molecule has 0 unspecified atom stereocenters. The topological polar surface area (TPSA) is 60.9 Å². The fourth-order valence-electron chi connectivity index (χ4n) is 2.68. The Balaban J connectivity index is 1.51. The minimum atomic E-state index is 0.665. The van der Waals surface area contributed by atoms with Gasteiger partial charge in [-0.3, -0.25) is 0 Å². The van der Waals surface area contributed by atoms with Crippen molar-refractivity contribution in [1.29, 1.82) is 0 Å². The van der Waals surface area contributed by atoms with Crippen molar-refractivity contribution in [2.24, 2.45) is 0 Å². The Hall–Kier alpha value is -2.26. The molecule has 0 bridgehead atoms. The Morgan fingerprint density at radius 3 is 2.25 bits per heavy atom. The lowest BCUT2D eigenvalue weighted by Crippen LogP contribution is -1.98. The molecule has 0 N–H and O–H groups in total. The van der Waals surface area contributed by atoms with Crippen LogP contribution in [0.25, 0.3) is 32.6 Å². The predicted molar refractivity (Wildman–Crippen MR) is 114 cm³/mol. The number of hydrogen-bond acceptors (Lipinski definition) is 5. The molecule has 0 atom stereocenters. The van der Waals surface area contributed by atoms with E-state index in [1.54, 1.807) is 27.6 Å². The number of imidazole rings is 1. The zero-order valence-corrected chi connectivity index (χ0v) is 17.8. The maximum atomic E-state index is 5.97. The lowest BCUT2D eigenvalue weighted by molar-refractivity contribution is 0.753. The van der Waals surface area contributed by atoms with Crippen molar-refractivity contribution in [1.82, 2.24) is 29.6 Å². The van der Waals surface area contributed by atoms with Crippen LogP contribution in [0.5, 0.6) is 0 Å². The maximum Gasteiger partial charge on any atom is 0.214 e. The zero-order valence-electron chi connectivity index (χ0n) is 13.9. The molecule has 0 saturated carbocycles. The van der Waals surface area contributed by atoms with Gasteiger partial charge < -0.3 is 0 Å². The molecule has 2 aromatic carbocycles. The molecule has 0 radical (unpaired) electrons. The summed E-state index contributed by atoms with van der Waals surface area (Å²) in [5.41, 5.74) is 3.27. The van der Waals surface area contributed by atoms with Crippen LogP contribution in [-0.2, 0) is 0 Å². The molecule has 0 aliphatic rings. The summed E-state index contributed by atoms with van der Waals surface area (Å²) in [7, 11) is 0. The second kappa shape index (κ2) is 6.97. The normalized spacial score (nSPS) is 11.4. The zero-order chi connectivity index (χ0) is 19.3. The third-order valence-electron chi connectivity index (χ3n) is 4.03. The molecule has 0 saturated heterocycles. The monoisotopic (exact) mass is 490 g/mol. The van der Waals surface area contributed by atoms with E-state index in [1.807, 2.05) is 36.4 Å². The quantitative estimate of drug-likeness (QED) is 0.321. The second-order valence-corrected chi connectivity index (χ2v) is 8.44. The van der Waals surface area contributed by atoms with Crippen LogP contribution in [0.15, 0.2) is 59.3 Å². The van der Waals surface area contributed by atoms with Crippen LogP contribution in [0, 0.1) is 0 Å². The van der Waals surface area contributed by atoms with E-state index in [-0.39, 0.29) is 0 Å². The number of fused-ring (bicyclic) bond motifs is 1. The van der Waals surface area contributed by atoms with E-state index in [1.165, 1.54) is 11.3 Å². The molecule has 5 aromatic rings. The molecule has 0 aliphatic carbocycles. The summed E-state index contributed by atoms with van der Waals surface area (Å²) in [6.45, 7) is 0. The molecular weight excluding hydrogens is 483 g/mol. The van der Waals surface area contributed by atoms with Gasteiger partial charge in [-0.1, -0.05) is 46.7 Å². The van der Waals surface area contributed by atoms with Gasteiger partial charge in [0.05, 0.1) is 11.9 Å². The molecule has 0 fully saturated rings. The number of aromatic nitrogens is 6. The van der Waals surface area contributed by atoms with E-state index < -0.39 is 0 Å². The second-order valence-electron chi connectivity index (χ2n) is 5.86. The summed E-state index contributed by atoms with van der Waals surface area (Å²) < 4.78 is 2.53. The van der Waals surface area contributed by atoms with Crippen LogP contribution >= 0.6 is 50.5 Å². The lowest BCUT2D eigenvalue weighted by atomic mass is 10.2. The summed E-state index contributed by atoms with van der Waals surface area (Å²) in [5, 5.41) is 15.5. The van der Waals surface area contributed by atoms with Gasteiger partial charge in [-0.05, 0) is 52.3 Å². The van der Waals surface area contributed by atoms with Crippen molar-refractivity contribution in [3.05, 3.63) is 69.4 Å². The van der Waals surface area contributed by atoms with Crippen LogP contribution in [-0.4, -0.2) is 29.6 Å². The summed E-state index contributed by atoms with van der Waals surface area (Å²) in [6.07, 6.45) is 1.68. The third kappa shape index (κ3) is 3.12. The first-order valence-corrected chi connectivity index (χ1v) is 10.4. The van der Waals surface area contributed by atoms with Crippen molar-refractivity contribution in [2.45, 2.75) is 0 Å². The maximum absolute atomic E-state index is 5.97. The molecular formula is C18H9BrCl2N6S. The minimum absolute atomic E-state index is 0.665. The standard InChI is InChI=1S/C18H9BrCl2N6S/c19-16-15(10-1-3-11(20)4-2-10)23-18-26(16)25-17(28-18)14-9-22-27(24-14)13-7-5-12(21)6-8-13/h1-9H. The minimum Gasteiger partial charge on any atom is -0.216 e. The Bertz CT molecular complexity index is 1290. The van der Waals surface area contributed by atoms with Crippen molar-refractivity contribution >= 4 is 55.4 Å². The number of hydrogen-bond donors (Lipinski definition) is 0. The lowest BCUT2D eigenvalue weighted by Gasteiger charge is -1.98.